The number of para-hydroxylation sites is 1. The van der Waals surface area contributed by atoms with E-state index in [1.54, 1.807) is 12.0 Å². The van der Waals surface area contributed by atoms with Gasteiger partial charge in [0, 0.05) is 25.8 Å². The van der Waals surface area contributed by atoms with E-state index >= 15 is 0 Å². The molecule has 0 aromatic heterocycles. The Hall–Kier alpha value is -2.86. The predicted molar refractivity (Wildman–Crippen MR) is 103 cm³/mol. The molecule has 1 aliphatic rings. The summed E-state index contributed by atoms with van der Waals surface area (Å²) in [5.74, 6) is 1.36. The lowest BCUT2D eigenvalue weighted by Gasteiger charge is -2.18. The molecule has 2 aromatic carbocycles. The third-order valence-electron chi connectivity index (χ3n) is 4.49. The first kappa shape index (κ1) is 18.9. The number of nitrogens with zero attached hydrogens (tertiary/aromatic N) is 1. The Morgan fingerprint density at radius 1 is 1.15 bits per heavy atom. The molecule has 6 nitrogen and oxygen atoms in total. The molecular formula is C21H24N2O4. The monoisotopic (exact) mass is 368 g/mol. The number of benzene rings is 2. The number of amides is 2. The molecule has 3 rings (SSSR count). The fraction of sp³-hybridized carbons (Fsp3) is 0.333. The number of hydrogen-bond acceptors (Lipinski definition) is 4. The first-order valence-electron chi connectivity index (χ1n) is 9.00. The topological polar surface area (TPSA) is 67.9 Å². The van der Waals surface area contributed by atoms with Gasteiger partial charge in [-0.2, -0.15) is 0 Å². The molecule has 2 amide bonds. The van der Waals surface area contributed by atoms with E-state index in [1.807, 2.05) is 61.5 Å². The molecule has 0 saturated carbocycles. The van der Waals surface area contributed by atoms with Gasteiger partial charge < -0.3 is 19.7 Å². The molecule has 1 fully saturated rings. The minimum atomic E-state index is -0.186. The van der Waals surface area contributed by atoms with Gasteiger partial charge in [0.15, 0.2) is 0 Å². The summed E-state index contributed by atoms with van der Waals surface area (Å²) < 4.78 is 10.9. The number of rotatable bonds is 7. The van der Waals surface area contributed by atoms with Crippen molar-refractivity contribution in [3.05, 3.63) is 54.6 Å². The molecule has 6 heteroatoms. The summed E-state index contributed by atoms with van der Waals surface area (Å²) in [6.07, 6.45) is 0.442. The lowest BCUT2D eigenvalue weighted by molar-refractivity contribution is -0.123. The zero-order chi connectivity index (χ0) is 19.2. The van der Waals surface area contributed by atoms with Gasteiger partial charge in [-0.25, -0.2) is 0 Å². The van der Waals surface area contributed by atoms with Crippen LogP contribution in [0.3, 0.4) is 0 Å². The van der Waals surface area contributed by atoms with E-state index < -0.39 is 0 Å². The fourth-order valence-electron chi connectivity index (χ4n) is 3.00. The second kappa shape index (κ2) is 8.68. The van der Waals surface area contributed by atoms with Crippen molar-refractivity contribution in [3.8, 4) is 11.5 Å². The Bertz CT molecular complexity index is 777. The van der Waals surface area contributed by atoms with Crippen LogP contribution in [0, 0.1) is 0 Å². The summed E-state index contributed by atoms with van der Waals surface area (Å²) in [5, 5.41) is 2.91. The van der Waals surface area contributed by atoms with Gasteiger partial charge in [-0.05, 0) is 43.3 Å². The maximum absolute atomic E-state index is 12.3. The molecule has 0 radical (unpaired) electrons. The van der Waals surface area contributed by atoms with E-state index in [2.05, 4.69) is 5.32 Å². The van der Waals surface area contributed by atoms with Crippen LogP contribution in [0.1, 0.15) is 19.8 Å². The van der Waals surface area contributed by atoms with Gasteiger partial charge in [-0.15, -0.1) is 0 Å². The molecular weight excluding hydrogens is 344 g/mol. The Kier molecular flexibility index (Phi) is 6.08. The summed E-state index contributed by atoms with van der Waals surface area (Å²) in [6.45, 7) is 2.30. The highest BCUT2D eigenvalue weighted by molar-refractivity contribution is 5.96. The zero-order valence-corrected chi connectivity index (χ0v) is 15.6. The maximum atomic E-state index is 12.3. The van der Waals surface area contributed by atoms with Gasteiger partial charge in [-0.3, -0.25) is 9.59 Å². The number of carbonyl (C=O) groups excluding carboxylic acids is 2. The maximum Gasteiger partial charge on any atom is 0.229 e. The standard InChI is InChI=1S/C21H24N2O4/c1-15(26-2)12-20(24)22-16-13-21(25)23(14-16)17-8-10-19(11-9-17)27-18-6-4-3-5-7-18/h3-11,15-16H,12-14H2,1-2H3,(H,22,24). The van der Waals surface area contributed by atoms with E-state index in [1.165, 1.54) is 0 Å². The molecule has 1 N–H and O–H groups in total. The van der Waals surface area contributed by atoms with Crippen LogP contribution in [-0.2, 0) is 14.3 Å². The average Bonchev–Trinajstić information content (AvgIpc) is 3.03. The van der Waals surface area contributed by atoms with Gasteiger partial charge >= 0.3 is 0 Å². The quantitative estimate of drug-likeness (QED) is 0.815. The highest BCUT2D eigenvalue weighted by atomic mass is 16.5. The second-order valence-electron chi connectivity index (χ2n) is 6.63. The minimum absolute atomic E-state index is 0.00295. The smallest absolute Gasteiger partial charge is 0.229 e. The van der Waals surface area contributed by atoms with Crippen molar-refractivity contribution >= 4 is 17.5 Å². The predicted octanol–water partition coefficient (Wildman–Crippen LogP) is 3.13. The summed E-state index contributed by atoms with van der Waals surface area (Å²) >= 11 is 0. The lowest BCUT2D eigenvalue weighted by atomic mass is 10.2. The number of hydrogen-bond donors (Lipinski definition) is 1. The van der Waals surface area contributed by atoms with Crippen molar-refractivity contribution in [1.82, 2.24) is 5.32 Å². The molecule has 2 unspecified atom stereocenters. The highest BCUT2D eigenvalue weighted by Crippen LogP contribution is 2.27. The largest absolute Gasteiger partial charge is 0.457 e. The second-order valence-corrected chi connectivity index (χ2v) is 6.63. The summed E-state index contributed by atoms with van der Waals surface area (Å²) in [6, 6.07) is 16.7. The SMILES string of the molecule is COC(C)CC(=O)NC1CC(=O)N(c2ccc(Oc3ccccc3)cc2)C1. The molecule has 142 valence electrons. The molecule has 1 aliphatic heterocycles. The van der Waals surface area contributed by atoms with Crippen molar-refractivity contribution in [2.75, 3.05) is 18.6 Å². The Morgan fingerprint density at radius 2 is 1.81 bits per heavy atom. The number of ether oxygens (including phenoxy) is 2. The summed E-state index contributed by atoms with van der Waals surface area (Å²) in [7, 11) is 1.57. The first-order valence-corrected chi connectivity index (χ1v) is 9.00. The molecule has 1 heterocycles. The van der Waals surface area contributed by atoms with Crippen LogP contribution in [0.2, 0.25) is 0 Å². The third kappa shape index (κ3) is 5.08. The van der Waals surface area contributed by atoms with Gasteiger partial charge in [0.25, 0.3) is 0 Å². The van der Waals surface area contributed by atoms with Crippen LogP contribution in [0.25, 0.3) is 0 Å². The lowest BCUT2D eigenvalue weighted by Crippen LogP contribution is -2.38. The van der Waals surface area contributed by atoms with Crippen molar-refractivity contribution in [3.63, 3.8) is 0 Å². The van der Waals surface area contributed by atoms with Gasteiger partial charge in [0.2, 0.25) is 11.8 Å². The highest BCUT2D eigenvalue weighted by Gasteiger charge is 2.31. The van der Waals surface area contributed by atoms with Crippen LogP contribution in [0.5, 0.6) is 11.5 Å². The number of carbonyl (C=O) groups is 2. The van der Waals surface area contributed by atoms with Crippen molar-refractivity contribution in [1.29, 1.82) is 0 Å². The van der Waals surface area contributed by atoms with Gasteiger partial charge in [0.05, 0.1) is 18.6 Å². The number of nitrogens with one attached hydrogen (secondary N) is 1. The first-order chi connectivity index (χ1) is 13.0. The minimum Gasteiger partial charge on any atom is -0.457 e. The van der Waals surface area contributed by atoms with E-state index in [0.29, 0.717) is 18.7 Å². The molecule has 2 atom stereocenters. The van der Waals surface area contributed by atoms with Gasteiger partial charge in [0.1, 0.15) is 11.5 Å². The molecule has 2 aromatic rings. The van der Waals surface area contributed by atoms with E-state index in [0.717, 1.165) is 11.4 Å². The van der Waals surface area contributed by atoms with Crippen LogP contribution in [0.15, 0.2) is 54.6 Å². The Morgan fingerprint density at radius 3 is 2.48 bits per heavy atom. The van der Waals surface area contributed by atoms with Crippen molar-refractivity contribution < 1.29 is 19.1 Å². The molecule has 0 spiro atoms. The van der Waals surface area contributed by atoms with Crippen molar-refractivity contribution in [2.24, 2.45) is 0 Å². The van der Waals surface area contributed by atoms with E-state index in [-0.39, 0.29) is 30.4 Å². The van der Waals surface area contributed by atoms with E-state index in [4.69, 9.17) is 9.47 Å². The molecule has 0 aliphatic carbocycles. The molecule has 0 bridgehead atoms. The van der Waals surface area contributed by atoms with Crippen LogP contribution < -0.4 is 15.0 Å². The third-order valence-corrected chi connectivity index (χ3v) is 4.49. The van der Waals surface area contributed by atoms with Crippen LogP contribution >= 0.6 is 0 Å². The Balaban J connectivity index is 1.58. The Labute approximate surface area is 159 Å². The van der Waals surface area contributed by atoms with Crippen LogP contribution in [0.4, 0.5) is 5.69 Å². The van der Waals surface area contributed by atoms with Gasteiger partial charge in [-0.1, -0.05) is 18.2 Å². The summed E-state index contributed by atoms with van der Waals surface area (Å²) in [5.41, 5.74) is 0.794. The zero-order valence-electron chi connectivity index (χ0n) is 15.6. The van der Waals surface area contributed by atoms with Crippen LogP contribution in [-0.4, -0.2) is 37.6 Å². The number of methoxy groups -OCH3 is 1. The normalized spacial score (nSPS) is 17.6. The fourth-order valence-corrected chi connectivity index (χ4v) is 3.00. The van der Waals surface area contributed by atoms with Crippen molar-refractivity contribution in [2.45, 2.75) is 31.9 Å². The number of anilines is 1. The van der Waals surface area contributed by atoms with E-state index in [9.17, 15) is 9.59 Å². The summed E-state index contributed by atoms with van der Waals surface area (Å²) in [4.78, 5) is 26.0. The molecule has 27 heavy (non-hydrogen) atoms. The average molecular weight is 368 g/mol. The molecule has 1 saturated heterocycles.